The third-order valence-electron chi connectivity index (χ3n) is 5.45. The van der Waals surface area contributed by atoms with Crippen LogP contribution in [0.1, 0.15) is 56.6 Å². The van der Waals surface area contributed by atoms with E-state index in [1.807, 2.05) is 38.1 Å². The minimum atomic E-state index is -0.573. The standard InChI is InChI=1S/C22H27N3O2/c1-15(2)24-22(27)25-19(13-23)21(20(25)14-26)18-11-9-17(10-12-18)8-7-16-5-3-4-6-16/h9-12,15-16,19-21,26H,3-6,14H2,1-2H3,(H,24,27)/t19-,20-,21+/m1/s1. The van der Waals surface area contributed by atoms with E-state index in [0.717, 1.165) is 11.1 Å². The van der Waals surface area contributed by atoms with Crippen molar-refractivity contribution < 1.29 is 9.90 Å². The number of hydrogen-bond acceptors (Lipinski definition) is 3. The molecule has 1 aliphatic carbocycles. The number of nitrogens with one attached hydrogen (secondary N) is 1. The number of carbonyl (C=O) groups is 1. The highest BCUT2D eigenvalue weighted by Crippen LogP contribution is 2.40. The first kappa shape index (κ1) is 19.3. The number of likely N-dealkylation sites (tertiary alicyclic amines) is 1. The van der Waals surface area contributed by atoms with Gasteiger partial charge in [0.05, 0.1) is 18.7 Å². The average molecular weight is 365 g/mol. The molecular formula is C22H27N3O2. The van der Waals surface area contributed by atoms with Crippen molar-refractivity contribution in [1.29, 1.82) is 5.26 Å². The molecule has 142 valence electrons. The molecule has 1 aromatic rings. The monoisotopic (exact) mass is 365 g/mol. The van der Waals surface area contributed by atoms with Gasteiger partial charge in [0, 0.05) is 23.4 Å². The van der Waals surface area contributed by atoms with Crippen LogP contribution in [0.3, 0.4) is 0 Å². The van der Waals surface area contributed by atoms with Gasteiger partial charge in [-0.25, -0.2) is 4.79 Å². The number of carbonyl (C=O) groups excluding carboxylic acids is 1. The number of aliphatic hydroxyl groups excluding tert-OH is 1. The normalized spacial score (nSPS) is 24.7. The van der Waals surface area contributed by atoms with Crippen molar-refractivity contribution in [2.24, 2.45) is 5.92 Å². The van der Waals surface area contributed by atoms with Gasteiger partial charge in [-0.05, 0) is 44.4 Å². The molecule has 2 N–H and O–H groups in total. The van der Waals surface area contributed by atoms with Gasteiger partial charge in [-0.3, -0.25) is 0 Å². The summed E-state index contributed by atoms with van der Waals surface area (Å²) < 4.78 is 0. The molecule has 1 saturated carbocycles. The molecule has 1 aliphatic heterocycles. The molecule has 1 heterocycles. The predicted molar refractivity (Wildman–Crippen MR) is 104 cm³/mol. The Kier molecular flexibility index (Phi) is 6.04. The van der Waals surface area contributed by atoms with E-state index < -0.39 is 6.04 Å². The number of rotatable bonds is 3. The van der Waals surface area contributed by atoms with E-state index in [-0.39, 0.29) is 30.6 Å². The smallest absolute Gasteiger partial charge is 0.319 e. The molecule has 0 radical (unpaired) electrons. The number of hydrogen-bond donors (Lipinski definition) is 2. The lowest BCUT2D eigenvalue weighted by atomic mass is 9.76. The number of aliphatic hydroxyl groups is 1. The second-order valence-electron chi connectivity index (χ2n) is 7.73. The highest BCUT2D eigenvalue weighted by atomic mass is 16.3. The molecule has 1 aromatic carbocycles. The predicted octanol–water partition coefficient (Wildman–Crippen LogP) is 3.00. The average Bonchev–Trinajstić information content (AvgIpc) is 3.14. The van der Waals surface area contributed by atoms with Crippen LogP contribution in [0.15, 0.2) is 24.3 Å². The van der Waals surface area contributed by atoms with Crippen LogP contribution in [0.4, 0.5) is 4.79 Å². The molecule has 3 rings (SSSR count). The van der Waals surface area contributed by atoms with Crippen molar-refractivity contribution in [2.45, 2.75) is 63.6 Å². The maximum atomic E-state index is 12.4. The van der Waals surface area contributed by atoms with Gasteiger partial charge in [0.15, 0.2) is 0 Å². The first-order valence-corrected chi connectivity index (χ1v) is 9.76. The minimum Gasteiger partial charge on any atom is -0.394 e. The minimum absolute atomic E-state index is 0.0204. The zero-order chi connectivity index (χ0) is 19.4. The van der Waals surface area contributed by atoms with Crippen LogP contribution in [0.5, 0.6) is 0 Å². The van der Waals surface area contributed by atoms with E-state index in [9.17, 15) is 15.2 Å². The summed E-state index contributed by atoms with van der Waals surface area (Å²) in [4.78, 5) is 13.8. The Morgan fingerprint density at radius 3 is 2.52 bits per heavy atom. The zero-order valence-electron chi connectivity index (χ0n) is 16.0. The van der Waals surface area contributed by atoms with Crippen molar-refractivity contribution in [3.8, 4) is 17.9 Å². The summed E-state index contributed by atoms with van der Waals surface area (Å²) in [6.45, 7) is 3.57. The van der Waals surface area contributed by atoms with Crippen molar-refractivity contribution in [3.05, 3.63) is 35.4 Å². The maximum Gasteiger partial charge on any atom is 0.319 e. The van der Waals surface area contributed by atoms with E-state index in [1.165, 1.54) is 30.6 Å². The van der Waals surface area contributed by atoms with Gasteiger partial charge in [-0.2, -0.15) is 5.26 Å². The highest BCUT2D eigenvalue weighted by molar-refractivity contribution is 5.77. The number of nitrogens with zero attached hydrogens (tertiary/aromatic N) is 2. The fourth-order valence-corrected chi connectivity index (χ4v) is 4.05. The summed E-state index contributed by atoms with van der Waals surface area (Å²) in [6, 6.07) is 8.81. The Balaban J connectivity index is 1.73. The Labute approximate surface area is 161 Å². The molecule has 2 fully saturated rings. The van der Waals surface area contributed by atoms with E-state index in [4.69, 9.17) is 0 Å². The molecule has 5 nitrogen and oxygen atoms in total. The Morgan fingerprint density at radius 1 is 1.30 bits per heavy atom. The third-order valence-corrected chi connectivity index (χ3v) is 5.45. The first-order valence-electron chi connectivity index (χ1n) is 9.76. The Hall–Kier alpha value is -2.50. The van der Waals surface area contributed by atoms with E-state index in [1.54, 1.807) is 0 Å². The fraction of sp³-hybridized carbons (Fsp3) is 0.545. The summed E-state index contributed by atoms with van der Waals surface area (Å²) in [5, 5.41) is 22.2. The molecule has 0 aromatic heterocycles. The molecule has 0 bridgehead atoms. The van der Waals surface area contributed by atoms with Crippen molar-refractivity contribution in [3.63, 3.8) is 0 Å². The van der Waals surface area contributed by atoms with Gasteiger partial charge in [0.2, 0.25) is 0 Å². The van der Waals surface area contributed by atoms with Crippen molar-refractivity contribution >= 4 is 6.03 Å². The van der Waals surface area contributed by atoms with Crippen molar-refractivity contribution in [1.82, 2.24) is 10.2 Å². The van der Waals surface area contributed by atoms with Gasteiger partial charge in [0.25, 0.3) is 0 Å². The molecule has 27 heavy (non-hydrogen) atoms. The lowest BCUT2D eigenvalue weighted by Crippen LogP contribution is -2.67. The first-order chi connectivity index (χ1) is 13.0. The van der Waals surface area contributed by atoms with Crippen LogP contribution in [-0.4, -0.2) is 40.8 Å². The summed E-state index contributed by atoms with van der Waals surface area (Å²) in [6.07, 6.45) is 4.95. The number of amides is 2. The second-order valence-corrected chi connectivity index (χ2v) is 7.73. The van der Waals surface area contributed by atoms with Crippen LogP contribution in [-0.2, 0) is 0 Å². The SMILES string of the molecule is CC(C)NC(=O)N1[C@H](C#N)[C@H](c2ccc(C#CC3CCCC3)cc2)[C@H]1CO. The van der Waals surface area contributed by atoms with Gasteiger partial charge in [-0.1, -0.05) is 36.8 Å². The van der Waals surface area contributed by atoms with E-state index in [2.05, 4.69) is 23.2 Å². The molecule has 1 saturated heterocycles. The lowest BCUT2D eigenvalue weighted by molar-refractivity contribution is 0.0162. The Bertz CT molecular complexity index is 763. The topological polar surface area (TPSA) is 76.4 Å². The second kappa shape index (κ2) is 8.46. The fourth-order valence-electron chi connectivity index (χ4n) is 4.05. The van der Waals surface area contributed by atoms with Crippen LogP contribution < -0.4 is 5.32 Å². The van der Waals surface area contributed by atoms with Gasteiger partial charge < -0.3 is 15.3 Å². The summed E-state index contributed by atoms with van der Waals surface area (Å²) >= 11 is 0. The van der Waals surface area contributed by atoms with Crippen LogP contribution in [0, 0.1) is 29.1 Å². The molecule has 2 amide bonds. The van der Waals surface area contributed by atoms with Gasteiger partial charge in [0.1, 0.15) is 6.04 Å². The number of nitriles is 1. The quantitative estimate of drug-likeness (QED) is 0.809. The largest absolute Gasteiger partial charge is 0.394 e. The molecule has 0 spiro atoms. The van der Waals surface area contributed by atoms with Crippen LogP contribution in [0.2, 0.25) is 0 Å². The van der Waals surface area contributed by atoms with Gasteiger partial charge in [-0.15, -0.1) is 0 Å². The zero-order valence-corrected chi connectivity index (χ0v) is 16.0. The molecule has 0 unspecified atom stereocenters. The van der Waals surface area contributed by atoms with Crippen LogP contribution in [0.25, 0.3) is 0 Å². The molecule has 5 heteroatoms. The number of benzene rings is 1. The molecule has 2 aliphatic rings. The highest BCUT2D eigenvalue weighted by Gasteiger charge is 2.51. The van der Waals surface area contributed by atoms with E-state index in [0.29, 0.717) is 5.92 Å². The summed E-state index contributed by atoms with van der Waals surface area (Å²) in [5.41, 5.74) is 1.93. The summed E-state index contributed by atoms with van der Waals surface area (Å²) in [5.74, 6) is 6.93. The Morgan fingerprint density at radius 2 is 1.96 bits per heavy atom. The van der Waals surface area contributed by atoms with E-state index >= 15 is 0 Å². The molecular weight excluding hydrogens is 338 g/mol. The number of urea groups is 1. The maximum absolute atomic E-state index is 12.4. The van der Waals surface area contributed by atoms with Crippen LogP contribution >= 0.6 is 0 Å². The third kappa shape index (κ3) is 4.10. The summed E-state index contributed by atoms with van der Waals surface area (Å²) in [7, 11) is 0. The van der Waals surface area contributed by atoms with Crippen molar-refractivity contribution in [2.75, 3.05) is 6.61 Å². The molecule has 3 atom stereocenters. The van der Waals surface area contributed by atoms with Gasteiger partial charge >= 0.3 is 6.03 Å². The lowest BCUT2D eigenvalue weighted by Gasteiger charge is -2.51.